The van der Waals surface area contributed by atoms with E-state index in [1.165, 1.54) is 0 Å². The van der Waals surface area contributed by atoms with Crippen LogP contribution in [0.1, 0.15) is 34.5 Å². The molecule has 0 saturated heterocycles. The average molecular weight is 359 g/mol. The van der Waals surface area contributed by atoms with Gasteiger partial charge in [0.25, 0.3) is 17.0 Å². The largest absolute Gasteiger partial charge is 0.342 e. The molecule has 0 atom stereocenters. The van der Waals surface area contributed by atoms with E-state index in [1.807, 2.05) is 0 Å². The molecule has 2 aromatic heterocycles. The number of aromatic nitrogens is 3. The summed E-state index contributed by atoms with van der Waals surface area (Å²) in [5.74, 6) is -0.600. The highest BCUT2D eigenvalue weighted by Crippen LogP contribution is 2.19. The zero-order valence-corrected chi connectivity index (χ0v) is 13.9. The first-order valence-electron chi connectivity index (χ1n) is 8.00. The number of aryl methyl sites for hydroxylation is 1. The van der Waals surface area contributed by atoms with Gasteiger partial charge in [-0.3, -0.25) is 19.5 Å². The van der Waals surface area contributed by atoms with Crippen LogP contribution in [0, 0.1) is 0 Å². The second-order valence-corrected chi connectivity index (χ2v) is 6.50. The Kier molecular flexibility index (Phi) is 3.73. The molecule has 7 nitrogen and oxygen atoms in total. The third kappa shape index (κ3) is 2.66. The van der Waals surface area contributed by atoms with Crippen molar-refractivity contribution >= 4 is 28.8 Å². The second-order valence-electron chi connectivity index (χ2n) is 6.06. The summed E-state index contributed by atoms with van der Waals surface area (Å²) in [4.78, 5) is 40.6. The highest BCUT2D eigenvalue weighted by Gasteiger charge is 2.23. The Morgan fingerprint density at radius 3 is 2.80 bits per heavy atom. The molecule has 3 N–H and O–H groups in total. The van der Waals surface area contributed by atoms with Crippen molar-refractivity contribution in [2.75, 3.05) is 5.32 Å². The number of nitrogens with one attached hydrogen (secondary N) is 3. The maximum atomic E-state index is 12.6. The van der Waals surface area contributed by atoms with Crippen molar-refractivity contribution in [3.8, 4) is 0 Å². The minimum atomic E-state index is -0.616. The minimum Gasteiger partial charge on any atom is -0.342 e. The summed E-state index contributed by atoms with van der Waals surface area (Å²) in [6.07, 6.45) is 3.31. The molecule has 1 aliphatic carbocycles. The van der Waals surface area contributed by atoms with E-state index in [-0.39, 0.29) is 16.8 Å². The molecule has 0 radical (unpaired) electrons. The van der Waals surface area contributed by atoms with Gasteiger partial charge >= 0.3 is 0 Å². The van der Waals surface area contributed by atoms with Crippen LogP contribution in [0.25, 0.3) is 5.65 Å². The molecular formula is C17H15ClN4O3. The highest BCUT2D eigenvalue weighted by molar-refractivity contribution is 6.31. The van der Waals surface area contributed by atoms with Crippen LogP contribution < -0.4 is 16.4 Å². The highest BCUT2D eigenvalue weighted by atomic mass is 35.5. The predicted octanol–water partition coefficient (Wildman–Crippen LogP) is 2.10. The number of carbonyl (C=O) groups is 1. The number of anilines is 1. The molecule has 0 spiro atoms. The van der Waals surface area contributed by atoms with E-state index in [9.17, 15) is 14.4 Å². The molecule has 0 fully saturated rings. The van der Waals surface area contributed by atoms with Crippen LogP contribution in [-0.2, 0) is 12.8 Å². The lowest BCUT2D eigenvalue weighted by Crippen LogP contribution is -2.25. The molecule has 25 heavy (non-hydrogen) atoms. The van der Waals surface area contributed by atoms with Crippen molar-refractivity contribution in [3.05, 3.63) is 66.8 Å². The Labute approximate surface area is 146 Å². The van der Waals surface area contributed by atoms with E-state index in [1.54, 1.807) is 24.3 Å². The number of carbonyl (C=O) groups excluding carboxylic acids is 1. The van der Waals surface area contributed by atoms with Crippen molar-refractivity contribution in [1.29, 1.82) is 0 Å². The quantitative estimate of drug-likeness (QED) is 0.654. The molecule has 3 aromatic rings. The fourth-order valence-electron chi connectivity index (χ4n) is 3.23. The Bertz CT molecular complexity index is 1110. The molecule has 0 bridgehead atoms. The second kappa shape index (κ2) is 5.93. The van der Waals surface area contributed by atoms with Gasteiger partial charge in [0, 0.05) is 22.0 Å². The smallest absolute Gasteiger partial charge is 0.279 e. The van der Waals surface area contributed by atoms with Gasteiger partial charge < -0.3 is 10.3 Å². The molecule has 1 aromatic carbocycles. The molecule has 4 rings (SSSR count). The van der Waals surface area contributed by atoms with Gasteiger partial charge in [0.2, 0.25) is 0 Å². The number of halogens is 1. The van der Waals surface area contributed by atoms with E-state index in [0.717, 1.165) is 29.5 Å². The number of hydrogen-bond acceptors (Lipinski definition) is 3. The van der Waals surface area contributed by atoms with Gasteiger partial charge in [-0.1, -0.05) is 17.7 Å². The van der Waals surface area contributed by atoms with E-state index < -0.39 is 11.5 Å². The number of benzene rings is 1. The SMILES string of the molecule is O=C(Nc1cccc(Cl)c1)c1c(=O)[nH]n2c(=O)c3c([nH]c12)CCCC3. The lowest BCUT2D eigenvalue weighted by Gasteiger charge is -2.15. The van der Waals surface area contributed by atoms with E-state index in [0.29, 0.717) is 22.7 Å². The van der Waals surface area contributed by atoms with Crippen LogP contribution in [0.4, 0.5) is 5.69 Å². The molecule has 128 valence electrons. The minimum absolute atomic E-state index is 0.120. The maximum Gasteiger partial charge on any atom is 0.279 e. The maximum absolute atomic E-state index is 12.6. The van der Waals surface area contributed by atoms with Crippen LogP contribution in [0.2, 0.25) is 5.02 Å². The zero-order chi connectivity index (χ0) is 17.6. The van der Waals surface area contributed by atoms with Gasteiger partial charge in [-0.05, 0) is 43.9 Å². The van der Waals surface area contributed by atoms with Crippen molar-refractivity contribution in [2.45, 2.75) is 25.7 Å². The van der Waals surface area contributed by atoms with E-state index in [4.69, 9.17) is 11.6 Å². The number of amides is 1. The Morgan fingerprint density at radius 1 is 1.20 bits per heavy atom. The van der Waals surface area contributed by atoms with Gasteiger partial charge in [0.05, 0.1) is 0 Å². The van der Waals surface area contributed by atoms with Gasteiger partial charge in [-0.15, -0.1) is 0 Å². The Hall–Kier alpha value is -2.80. The fourth-order valence-corrected chi connectivity index (χ4v) is 3.42. The van der Waals surface area contributed by atoms with Crippen molar-refractivity contribution in [3.63, 3.8) is 0 Å². The molecule has 1 aliphatic rings. The van der Waals surface area contributed by atoms with Crippen LogP contribution in [0.15, 0.2) is 33.9 Å². The first-order chi connectivity index (χ1) is 12.0. The number of H-pyrrole nitrogens is 2. The Morgan fingerprint density at radius 2 is 2.00 bits per heavy atom. The van der Waals surface area contributed by atoms with Gasteiger partial charge in [-0.25, -0.2) is 0 Å². The summed E-state index contributed by atoms with van der Waals surface area (Å²) in [5.41, 5.74) is 1.12. The molecular weight excluding hydrogens is 344 g/mol. The number of fused-ring (bicyclic) bond motifs is 2. The van der Waals surface area contributed by atoms with Crippen LogP contribution >= 0.6 is 11.6 Å². The van der Waals surface area contributed by atoms with Gasteiger partial charge in [0.1, 0.15) is 5.56 Å². The topological polar surface area (TPSA) is 99.2 Å². The van der Waals surface area contributed by atoms with Crippen LogP contribution in [0.5, 0.6) is 0 Å². The molecule has 2 heterocycles. The van der Waals surface area contributed by atoms with Crippen molar-refractivity contribution in [1.82, 2.24) is 14.6 Å². The first kappa shape index (κ1) is 15.7. The molecule has 1 amide bonds. The molecule has 0 saturated carbocycles. The summed E-state index contributed by atoms with van der Waals surface area (Å²) in [5, 5.41) is 5.56. The molecule has 8 heteroatoms. The monoisotopic (exact) mass is 358 g/mol. The molecule has 0 unspecified atom stereocenters. The normalized spacial score (nSPS) is 13.6. The zero-order valence-electron chi connectivity index (χ0n) is 13.2. The Balaban J connectivity index is 1.83. The van der Waals surface area contributed by atoms with Crippen LogP contribution in [-0.4, -0.2) is 20.5 Å². The third-order valence-electron chi connectivity index (χ3n) is 4.41. The lowest BCUT2D eigenvalue weighted by molar-refractivity contribution is 0.102. The van der Waals surface area contributed by atoms with Gasteiger partial charge in [0.15, 0.2) is 5.65 Å². The third-order valence-corrected chi connectivity index (χ3v) is 4.64. The molecule has 0 aliphatic heterocycles. The van der Waals surface area contributed by atoms with Crippen molar-refractivity contribution < 1.29 is 4.79 Å². The van der Waals surface area contributed by atoms with Gasteiger partial charge in [-0.2, -0.15) is 4.52 Å². The van der Waals surface area contributed by atoms with Crippen LogP contribution in [0.3, 0.4) is 0 Å². The number of hydrogen-bond donors (Lipinski definition) is 3. The summed E-state index contributed by atoms with van der Waals surface area (Å²) in [6.45, 7) is 0. The summed E-state index contributed by atoms with van der Waals surface area (Å²) in [6, 6.07) is 6.62. The first-order valence-corrected chi connectivity index (χ1v) is 8.38. The van der Waals surface area contributed by atoms with E-state index in [2.05, 4.69) is 15.4 Å². The summed E-state index contributed by atoms with van der Waals surface area (Å²) in [7, 11) is 0. The summed E-state index contributed by atoms with van der Waals surface area (Å²) < 4.78 is 1.12. The lowest BCUT2D eigenvalue weighted by atomic mass is 9.97. The number of aromatic amines is 2. The summed E-state index contributed by atoms with van der Waals surface area (Å²) >= 11 is 5.91. The average Bonchev–Trinajstić information content (AvgIpc) is 2.91. The predicted molar refractivity (Wildman–Crippen MR) is 94.7 cm³/mol. The fraction of sp³-hybridized carbons (Fsp3) is 0.235. The number of rotatable bonds is 2. The number of nitrogens with zero attached hydrogens (tertiary/aromatic N) is 1. The standard InChI is InChI=1S/C17H15ClN4O3/c18-9-4-3-5-10(8-9)19-15(23)13-14-20-12-7-2-1-6-11(12)17(25)22(14)21-16(13)24/h3-5,8,20H,1-2,6-7H2,(H,19,23)(H,21,24). The van der Waals surface area contributed by atoms with E-state index >= 15 is 0 Å². The van der Waals surface area contributed by atoms with Crippen molar-refractivity contribution in [2.24, 2.45) is 0 Å².